The molecule has 0 saturated carbocycles. The highest BCUT2D eigenvalue weighted by molar-refractivity contribution is 7.47. The number of carbonyl (C=O) groups is 4. The molecule has 0 saturated heterocycles. The van der Waals surface area contributed by atoms with Gasteiger partial charge in [-0.2, -0.15) is 0 Å². The quantitative estimate of drug-likeness (QED) is 0.0169. The second-order valence-electron chi connectivity index (χ2n) is 26.2. The van der Waals surface area contributed by atoms with Crippen molar-refractivity contribution in [2.45, 2.75) is 303 Å². The van der Waals surface area contributed by atoms with Crippen LogP contribution in [0, 0.1) is 0 Å². The number of ether oxygens (including phenoxy) is 4. The van der Waals surface area contributed by atoms with Crippen LogP contribution in [0.5, 0.6) is 0 Å². The van der Waals surface area contributed by atoms with Gasteiger partial charge < -0.3 is 33.8 Å². The SMILES string of the molecule is CC/C=C\C/C=C\C/C=C\C/C=C\C/C=C\C/C=C\CCC(=O)OCC(COP(=O)(O)OCC(O)COP(=O)(O)OCC(COC(=O)CCCCCCCC/C=C\C/C=C\C/C=C\CCCCC)OC(=O)CCCCCCC/C=C\CCCC)OC(=O)CC/C=C\C/C=C\C/C=C\C/C=C\C/C=C\C/C=C\CC. The predicted octanol–water partition coefficient (Wildman–Crippen LogP) is 24.1. The minimum Gasteiger partial charge on any atom is -0.462 e. The molecule has 0 aromatic heterocycles. The van der Waals surface area contributed by atoms with E-state index in [4.69, 9.17) is 37.0 Å². The number of carbonyl (C=O) groups excluding carboxylic acids is 4. The normalized spacial score (nSPS) is 14.8. The highest BCUT2D eigenvalue weighted by atomic mass is 31.2. The van der Waals surface area contributed by atoms with Gasteiger partial charge in [-0.1, -0.05) is 293 Å². The molecular formula is C89H142O17P2. The molecule has 0 aromatic carbocycles. The van der Waals surface area contributed by atoms with Crippen molar-refractivity contribution in [1.29, 1.82) is 0 Å². The van der Waals surface area contributed by atoms with Crippen molar-refractivity contribution in [2.75, 3.05) is 39.6 Å². The fourth-order valence-electron chi connectivity index (χ4n) is 9.91. The molecule has 19 heteroatoms. The van der Waals surface area contributed by atoms with Crippen LogP contribution in [0.3, 0.4) is 0 Å². The van der Waals surface area contributed by atoms with Crippen molar-refractivity contribution in [2.24, 2.45) is 0 Å². The van der Waals surface area contributed by atoms with E-state index in [9.17, 15) is 43.2 Å². The fourth-order valence-corrected chi connectivity index (χ4v) is 11.5. The van der Waals surface area contributed by atoms with Crippen LogP contribution in [-0.2, 0) is 65.4 Å². The van der Waals surface area contributed by atoms with E-state index < -0.39 is 97.5 Å². The van der Waals surface area contributed by atoms with Gasteiger partial charge in [-0.3, -0.25) is 37.3 Å². The lowest BCUT2D eigenvalue weighted by atomic mass is 10.1. The van der Waals surface area contributed by atoms with Crippen LogP contribution in [-0.4, -0.2) is 96.7 Å². The largest absolute Gasteiger partial charge is 0.472 e. The van der Waals surface area contributed by atoms with Gasteiger partial charge in [0, 0.05) is 25.7 Å². The Morgan fingerprint density at radius 2 is 0.509 bits per heavy atom. The van der Waals surface area contributed by atoms with Crippen LogP contribution < -0.4 is 0 Å². The van der Waals surface area contributed by atoms with Crippen molar-refractivity contribution in [3.8, 4) is 0 Å². The van der Waals surface area contributed by atoms with E-state index in [2.05, 4.69) is 186 Å². The van der Waals surface area contributed by atoms with Gasteiger partial charge in [0.15, 0.2) is 12.2 Å². The zero-order valence-corrected chi connectivity index (χ0v) is 68.5. The first-order chi connectivity index (χ1) is 52.7. The summed E-state index contributed by atoms with van der Waals surface area (Å²) in [7, 11) is -10.0. The summed E-state index contributed by atoms with van der Waals surface area (Å²) in [5, 5.41) is 10.6. The topological polar surface area (TPSA) is 237 Å². The number of rotatable bonds is 74. The van der Waals surface area contributed by atoms with E-state index in [1.54, 1.807) is 0 Å². The molecule has 0 spiro atoms. The van der Waals surface area contributed by atoms with Gasteiger partial charge in [-0.15, -0.1) is 0 Å². The molecule has 0 amide bonds. The lowest BCUT2D eigenvalue weighted by molar-refractivity contribution is -0.161. The van der Waals surface area contributed by atoms with Crippen molar-refractivity contribution in [3.63, 3.8) is 0 Å². The third kappa shape index (κ3) is 78.0. The third-order valence-electron chi connectivity index (χ3n) is 16.1. The minimum absolute atomic E-state index is 0.0121. The fraction of sp³-hybridized carbons (Fsp3) is 0.596. The third-order valence-corrected chi connectivity index (χ3v) is 18.0. The molecule has 0 rings (SSSR count). The number of hydrogen-bond donors (Lipinski definition) is 3. The molecule has 0 bridgehead atoms. The van der Waals surface area contributed by atoms with E-state index >= 15 is 0 Å². The van der Waals surface area contributed by atoms with Gasteiger partial charge in [0.1, 0.15) is 19.3 Å². The Labute approximate surface area is 653 Å². The van der Waals surface area contributed by atoms with Crippen LogP contribution in [0.25, 0.3) is 0 Å². The molecule has 108 heavy (non-hydrogen) atoms. The second-order valence-corrected chi connectivity index (χ2v) is 29.1. The number of aliphatic hydroxyl groups excluding tert-OH is 1. The summed E-state index contributed by atoms with van der Waals surface area (Å²) in [5.74, 6) is -2.41. The molecule has 0 aliphatic heterocycles. The lowest BCUT2D eigenvalue weighted by Gasteiger charge is -2.21. The minimum atomic E-state index is -5.03. The Hall–Kier alpha value is -6.10. The van der Waals surface area contributed by atoms with E-state index in [0.29, 0.717) is 38.5 Å². The van der Waals surface area contributed by atoms with Crippen molar-refractivity contribution < 1.29 is 80.2 Å². The first-order valence-corrected chi connectivity index (χ1v) is 43.7. The molecule has 610 valence electrons. The average molecular weight is 1550 g/mol. The maximum Gasteiger partial charge on any atom is 0.472 e. The summed E-state index contributed by atoms with van der Waals surface area (Å²) in [6.07, 6.45) is 97.3. The Morgan fingerprint density at radius 1 is 0.269 bits per heavy atom. The van der Waals surface area contributed by atoms with Crippen LogP contribution in [0.1, 0.15) is 285 Å². The number of phosphoric acid groups is 2. The number of unbranched alkanes of at least 4 members (excludes halogenated alkanes) is 16. The summed E-state index contributed by atoms with van der Waals surface area (Å²) in [6, 6.07) is 0. The van der Waals surface area contributed by atoms with Crippen LogP contribution in [0.4, 0.5) is 0 Å². The first kappa shape index (κ1) is 102. The van der Waals surface area contributed by atoms with E-state index in [1.165, 1.54) is 32.1 Å². The molecule has 5 unspecified atom stereocenters. The Morgan fingerprint density at radius 3 is 0.852 bits per heavy atom. The second kappa shape index (κ2) is 79.0. The molecule has 0 aromatic rings. The zero-order valence-electron chi connectivity index (χ0n) is 66.7. The molecule has 0 aliphatic rings. The van der Waals surface area contributed by atoms with Gasteiger partial charge in [-0.25, -0.2) is 9.13 Å². The molecule has 5 atom stereocenters. The summed E-state index contributed by atoms with van der Waals surface area (Å²) in [6.45, 7) is 4.36. The van der Waals surface area contributed by atoms with Crippen LogP contribution >= 0.6 is 15.6 Å². The molecule has 3 N–H and O–H groups in total. The van der Waals surface area contributed by atoms with Crippen molar-refractivity contribution in [1.82, 2.24) is 0 Å². The molecule has 0 radical (unpaired) electrons. The first-order valence-electron chi connectivity index (χ1n) is 40.7. The number of aliphatic hydroxyl groups is 1. The van der Waals surface area contributed by atoms with Crippen molar-refractivity contribution in [3.05, 3.63) is 194 Å². The van der Waals surface area contributed by atoms with Crippen LogP contribution in [0.2, 0.25) is 0 Å². The summed E-state index contributed by atoms with van der Waals surface area (Å²) < 4.78 is 68.4. The highest BCUT2D eigenvalue weighted by Crippen LogP contribution is 2.45. The highest BCUT2D eigenvalue weighted by Gasteiger charge is 2.30. The molecule has 17 nitrogen and oxygen atoms in total. The van der Waals surface area contributed by atoms with Gasteiger partial charge in [-0.05, 0) is 161 Å². The number of esters is 4. The van der Waals surface area contributed by atoms with Gasteiger partial charge in [0.2, 0.25) is 0 Å². The number of phosphoric ester groups is 2. The summed E-state index contributed by atoms with van der Waals surface area (Å²) in [4.78, 5) is 73.0. The van der Waals surface area contributed by atoms with E-state index in [-0.39, 0.29) is 25.7 Å². The van der Waals surface area contributed by atoms with Crippen molar-refractivity contribution >= 4 is 39.5 Å². The lowest BCUT2D eigenvalue weighted by Crippen LogP contribution is -2.30. The predicted molar refractivity (Wildman–Crippen MR) is 445 cm³/mol. The van der Waals surface area contributed by atoms with Gasteiger partial charge in [0.25, 0.3) is 0 Å². The average Bonchev–Trinajstić information content (AvgIpc) is 0.917. The smallest absolute Gasteiger partial charge is 0.462 e. The summed E-state index contributed by atoms with van der Waals surface area (Å²) in [5.41, 5.74) is 0. The molecule has 0 heterocycles. The Kier molecular flexibility index (Phi) is 74.5. The number of allylic oxidation sites excluding steroid dienone is 32. The standard InChI is InChI=1S/C89H142O17P2/c1-5-9-13-17-21-25-29-32-35-38-41-44-47-50-54-57-61-65-69-73-86(91)99-79-84(105-88(93)75-71-67-63-59-53-28-24-20-16-12-8-4)81-103-107(95,96)101-77-83(90)78-102-108(97,98)104-82-85(106-89(94)76-72-68-64-60-56-52-49-46-43-40-37-34-31-27-23-19-15-11-7-3)80-100-87(92)74-70-66-62-58-55-51-48-45-42-39-36-33-30-26-22-18-14-10-6-2/h10-11,14-15,20-27,32-37,41-46,51-52,55-56,62,64,66,68,83-85,90H,5-9,12-13,16-19,28-31,38-40,47-50,53-54,57-61,63,65,67,69-82H2,1-4H3,(H,95,96)(H,97,98)/b14-10-,15-11-,24-20-,25-21-,26-22-,27-23-,35-32-,36-33-,37-34-,44-41-,45-42-,46-43-,55-51-,56-52-,66-62-,68-64-. The zero-order chi connectivity index (χ0) is 78.9. The Balaban J connectivity index is 5.50. The van der Waals surface area contributed by atoms with Gasteiger partial charge >= 0.3 is 39.5 Å². The molecule has 0 fully saturated rings. The maximum atomic E-state index is 13.1. The maximum absolute atomic E-state index is 13.1. The van der Waals surface area contributed by atoms with E-state index in [0.717, 1.165) is 161 Å². The number of hydrogen-bond acceptors (Lipinski definition) is 15. The molecular weight excluding hydrogens is 1400 g/mol. The van der Waals surface area contributed by atoms with Gasteiger partial charge in [0.05, 0.1) is 26.4 Å². The van der Waals surface area contributed by atoms with E-state index in [1.807, 2.05) is 36.5 Å². The van der Waals surface area contributed by atoms with Crippen LogP contribution in [0.15, 0.2) is 194 Å². The monoisotopic (exact) mass is 1540 g/mol. The molecule has 0 aliphatic carbocycles. The Bertz CT molecular complexity index is 2810. The summed E-state index contributed by atoms with van der Waals surface area (Å²) >= 11 is 0.